The minimum atomic E-state index is -0.383. The molecule has 1 heterocycles. The first-order valence-corrected chi connectivity index (χ1v) is 8.39. The third-order valence-electron chi connectivity index (χ3n) is 3.59. The lowest BCUT2D eigenvalue weighted by Crippen LogP contribution is -2.50. The minimum Gasteiger partial charge on any atom is -0.423 e. The maximum absolute atomic E-state index is 12.5. The summed E-state index contributed by atoms with van der Waals surface area (Å²) in [6, 6.07) is 5.00. The number of hydrogen-bond acceptors (Lipinski definition) is 4. The lowest BCUT2D eigenvalue weighted by Gasteiger charge is -2.35. The molecule has 1 aromatic carbocycles. The van der Waals surface area contributed by atoms with Crippen molar-refractivity contribution in [2.45, 2.75) is 46.6 Å². The summed E-state index contributed by atoms with van der Waals surface area (Å²) < 4.78 is 5.19. The zero-order chi connectivity index (χ0) is 18.1. The molecule has 1 aromatic rings. The van der Waals surface area contributed by atoms with Crippen LogP contribution in [0.2, 0.25) is 5.02 Å². The molecule has 1 N–H and O–H groups in total. The number of halogens is 1. The van der Waals surface area contributed by atoms with Crippen molar-refractivity contribution in [2.24, 2.45) is 5.41 Å². The topological polar surface area (TPSA) is 58.6 Å². The van der Waals surface area contributed by atoms with Crippen molar-refractivity contribution in [1.29, 1.82) is 0 Å². The molecule has 0 saturated carbocycles. The fraction of sp³-hybridized carbons (Fsp3) is 0.556. The Kier molecular flexibility index (Phi) is 5.14. The van der Waals surface area contributed by atoms with Crippen LogP contribution in [-0.4, -0.2) is 30.5 Å². The van der Waals surface area contributed by atoms with Gasteiger partial charge in [-0.05, 0) is 43.9 Å². The molecule has 0 unspecified atom stereocenters. The molecule has 0 atom stereocenters. The van der Waals surface area contributed by atoms with E-state index in [2.05, 4.69) is 26.1 Å². The van der Waals surface area contributed by atoms with E-state index in [9.17, 15) is 9.59 Å². The number of benzene rings is 1. The number of ether oxygens (including phenoxy) is 1. The number of hydrogen-bond donors (Lipinski definition) is 1. The van der Waals surface area contributed by atoms with E-state index in [1.54, 1.807) is 23.1 Å². The molecule has 0 bridgehead atoms. The van der Waals surface area contributed by atoms with Crippen LogP contribution in [0.1, 0.15) is 41.0 Å². The van der Waals surface area contributed by atoms with Crippen molar-refractivity contribution in [3.05, 3.63) is 23.2 Å². The van der Waals surface area contributed by atoms with E-state index in [-0.39, 0.29) is 35.9 Å². The minimum absolute atomic E-state index is 0.0282. The van der Waals surface area contributed by atoms with Crippen molar-refractivity contribution >= 4 is 29.2 Å². The van der Waals surface area contributed by atoms with Gasteiger partial charge < -0.3 is 15.0 Å². The maximum atomic E-state index is 12.5. The molecule has 0 spiro atoms. The zero-order valence-electron chi connectivity index (χ0n) is 14.9. The molecule has 5 nitrogen and oxygen atoms in total. The van der Waals surface area contributed by atoms with E-state index >= 15 is 0 Å². The normalized spacial score (nSPS) is 14.9. The summed E-state index contributed by atoms with van der Waals surface area (Å²) in [6.07, 6.45) is 0.843. The van der Waals surface area contributed by atoms with Crippen LogP contribution >= 0.6 is 11.6 Å². The molecule has 0 saturated heterocycles. The summed E-state index contributed by atoms with van der Waals surface area (Å²) in [5, 5.41) is 3.59. The highest BCUT2D eigenvalue weighted by atomic mass is 35.5. The fourth-order valence-electron chi connectivity index (χ4n) is 3.32. The van der Waals surface area contributed by atoms with E-state index < -0.39 is 0 Å². The lowest BCUT2D eigenvalue weighted by molar-refractivity contribution is -0.133. The number of nitrogens with zero attached hydrogens (tertiary/aromatic N) is 1. The molecule has 2 rings (SSSR count). The largest absolute Gasteiger partial charge is 0.423 e. The summed E-state index contributed by atoms with van der Waals surface area (Å²) >= 11 is 6.03. The highest BCUT2D eigenvalue weighted by Gasteiger charge is 2.30. The van der Waals surface area contributed by atoms with Crippen LogP contribution in [0.5, 0.6) is 5.75 Å². The monoisotopic (exact) mass is 352 g/mol. The maximum Gasteiger partial charge on any atom is 0.331 e. The van der Waals surface area contributed by atoms with Gasteiger partial charge in [-0.1, -0.05) is 32.4 Å². The predicted molar refractivity (Wildman–Crippen MR) is 95.6 cm³/mol. The lowest BCUT2D eigenvalue weighted by atomic mass is 9.82. The van der Waals surface area contributed by atoms with Crippen molar-refractivity contribution in [1.82, 2.24) is 5.32 Å². The Morgan fingerprint density at radius 3 is 2.58 bits per heavy atom. The average molecular weight is 353 g/mol. The smallest absolute Gasteiger partial charge is 0.331 e. The molecule has 0 fully saturated rings. The van der Waals surface area contributed by atoms with Gasteiger partial charge >= 0.3 is 5.97 Å². The van der Waals surface area contributed by atoms with Gasteiger partial charge in [-0.15, -0.1) is 0 Å². The summed E-state index contributed by atoms with van der Waals surface area (Å²) in [5.74, 6) is -0.0890. The third kappa shape index (κ3) is 5.13. The first-order chi connectivity index (χ1) is 11.0. The number of carbonyl (C=O) groups is 2. The Bertz CT molecular complexity index is 650. The van der Waals surface area contributed by atoms with Gasteiger partial charge in [0.2, 0.25) is 5.91 Å². The number of nitrogens with one attached hydrogen (secondary N) is 1. The number of esters is 1. The fourth-order valence-corrected chi connectivity index (χ4v) is 3.49. The van der Waals surface area contributed by atoms with Crippen molar-refractivity contribution < 1.29 is 14.3 Å². The number of fused-ring (bicyclic) bond motifs is 1. The SMILES string of the molecule is CC(C)(C)CC(C)(C)NC(=O)CN1CC(=O)Oc2ccc(Cl)cc21. The third-order valence-corrected chi connectivity index (χ3v) is 3.83. The summed E-state index contributed by atoms with van der Waals surface area (Å²) in [6.45, 7) is 10.5. The number of rotatable bonds is 4. The Hall–Kier alpha value is -1.75. The number of carbonyl (C=O) groups excluding carboxylic acids is 2. The van der Waals surface area contributed by atoms with Crippen LogP contribution in [0.3, 0.4) is 0 Å². The van der Waals surface area contributed by atoms with Gasteiger partial charge in [0.05, 0.1) is 12.2 Å². The van der Waals surface area contributed by atoms with E-state index in [0.29, 0.717) is 16.5 Å². The quantitative estimate of drug-likeness (QED) is 0.666. The molecule has 1 aliphatic heterocycles. The van der Waals surface area contributed by atoms with Gasteiger partial charge in [-0.2, -0.15) is 0 Å². The van der Waals surface area contributed by atoms with Crippen molar-refractivity contribution in [3.8, 4) is 5.75 Å². The Morgan fingerprint density at radius 2 is 1.96 bits per heavy atom. The first-order valence-electron chi connectivity index (χ1n) is 8.01. The number of anilines is 1. The van der Waals surface area contributed by atoms with Crippen LogP contribution in [-0.2, 0) is 9.59 Å². The molecule has 0 aliphatic carbocycles. The first kappa shape index (κ1) is 18.6. The molecule has 1 aliphatic rings. The summed E-state index contributed by atoms with van der Waals surface area (Å²) in [5.41, 5.74) is 0.431. The van der Waals surface area contributed by atoms with Crippen LogP contribution in [0, 0.1) is 5.41 Å². The molecular formula is C18H25ClN2O3. The second kappa shape index (κ2) is 6.63. The predicted octanol–water partition coefficient (Wildman–Crippen LogP) is 3.40. The van der Waals surface area contributed by atoms with E-state index in [1.807, 2.05) is 13.8 Å². The van der Waals surface area contributed by atoms with Crippen LogP contribution < -0.4 is 15.0 Å². The Balaban J connectivity index is 2.10. The number of amides is 1. The van der Waals surface area contributed by atoms with Gasteiger partial charge in [0, 0.05) is 10.6 Å². The van der Waals surface area contributed by atoms with Gasteiger partial charge in [0.25, 0.3) is 0 Å². The molecule has 1 amide bonds. The molecular weight excluding hydrogens is 328 g/mol. The van der Waals surface area contributed by atoms with Crippen LogP contribution in [0.4, 0.5) is 5.69 Å². The molecule has 6 heteroatoms. The van der Waals surface area contributed by atoms with Gasteiger partial charge in [0.15, 0.2) is 5.75 Å². The molecule has 0 radical (unpaired) electrons. The van der Waals surface area contributed by atoms with Gasteiger partial charge in [-0.3, -0.25) is 4.79 Å². The van der Waals surface area contributed by atoms with E-state index in [1.165, 1.54) is 0 Å². The second-order valence-corrected chi connectivity index (χ2v) is 8.55. The van der Waals surface area contributed by atoms with Crippen molar-refractivity contribution in [3.63, 3.8) is 0 Å². The van der Waals surface area contributed by atoms with Crippen LogP contribution in [0.15, 0.2) is 18.2 Å². The van der Waals surface area contributed by atoms with Crippen LogP contribution in [0.25, 0.3) is 0 Å². The van der Waals surface area contributed by atoms with Crippen molar-refractivity contribution in [2.75, 3.05) is 18.0 Å². The molecule has 24 heavy (non-hydrogen) atoms. The van der Waals surface area contributed by atoms with Gasteiger partial charge in [-0.25, -0.2) is 4.79 Å². The summed E-state index contributed by atoms with van der Waals surface area (Å²) in [4.78, 5) is 25.9. The zero-order valence-corrected chi connectivity index (χ0v) is 15.7. The summed E-state index contributed by atoms with van der Waals surface area (Å²) in [7, 11) is 0. The van der Waals surface area contributed by atoms with E-state index in [4.69, 9.17) is 16.3 Å². The Morgan fingerprint density at radius 1 is 1.29 bits per heavy atom. The standard InChI is InChI=1S/C18H25ClN2O3/c1-17(2,3)11-18(4,5)20-15(22)9-21-10-16(23)24-14-7-6-12(19)8-13(14)21/h6-8H,9-11H2,1-5H3,(H,20,22). The van der Waals surface area contributed by atoms with E-state index in [0.717, 1.165) is 6.42 Å². The Labute approximate surface area is 148 Å². The highest BCUT2D eigenvalue weighted by molar-refractivity contribution is 6.31. The van der Waals surface area contributed by atoms with Gasteiger partial charge in [0.1, 0.15) is 6.54 Å². The highest BCUT2D eigenvalue weighted by Crippen LogP contribution is 2.34. The molecule has 0 aromatic heterocycles. The molecule has 132 valence electrons. The average Bonchev–Trinajstić information content (AvgIpc) is 2.35. The second-order valence-electron chi connectivity index (χ2n) is 8.11.